The lowest BCUT2D eigenvalue weighted by Gasteiger charge is -2.38. The molecule has 4 heteroatoms. The summed E-state index contributed by atoms with van der Waals surface area (Å²) in [6.07, 6.45) is 1.07. The molecule has 0 saturated carbocycles. The Kier molecular flexibility index (Phi) is 4.66. The average Bonchev–Trinajstić information content (AvgIpc) is 2.53. The molecule has 1 N–H and O–H groups in total. The van der Waals surface area contributed by atoms with Gasteiger partial charge >= 0.3 is 0 Å². The number of benzene rings is 1. The number of fused-ring (bicyclic) bond motifs is 1. The van der Waals surface area contributed by atoms with Crippen molar-refractivity contribution < 1.29 is 9.47 Å². The average molecular weight is 290 g/mol. The van der Waals surface area contributed by atoms with Crippen molar-refractivity contribution >= 4 is 0 Å². The highest BCUT2D eigenvalue weighted by molar-refractivity contribution is 5.43. The van der Waals surface area contributed by atoms with Gasteiger partial charge < -0.3 is 14.8 Å². The predicted molar refractivity (Wildman–Crippen MR) is 84.2 cm³/mol. The molecule has 3 rings (SSSR count). The van der Waals surface area contributed by atoms with E-state index in [2.05, 4.69) is 36.2 Å². The summed E-state index contributed by atoms with van der Waals surface area (Å²) in [6, 6.07) is 7.00. The summed E-state index contributed by atoms with van der Waals surface area (Å²) in [5.74, 6) is 2.48. The van der Waals surface area contributed by atoms with Crippen molar-refractivity contribution in [1.82, 2.24) is 10.2 Å². The molecule has 1 saturated heterocycles. The maximum atomic E-state index is 5.67. The van der Waals surface area contributed by atoms with Gasteiger partial charge in [0.2, 0.25) is 0 Å². The molecule has 1 atom stereocenters. The Morgan fingerprint density at radius 1 is 1.24 bits per heavy atom. The number of ether oxygens (including phenoxy) is 2. The Morgan fingerprint density at radius 3 is 2.86 bits per heavy atom. The van der Waals surface area contributed by atoms with Crippen LogP contribution in [0.4, 0.5) is 0 Å². The van der Waals surface area contributed by atoms with Crippen LogP contribution in [0.3, 0.4) is 0 Å². The number of piperazine rings is 1. The third kappa shape index (κ3) is 3.50. The first-order valence-corrected chi connectivity index (χ1v) is 8.07. The third-order valence-corrected chi connectivity index (χ3v) is 4.46. The van der Waals surface area contributed by atoms with E-state index in [1.54, 1.807) is 0 Å². The van der Waals surface area contributed by atoms with Crippen molar-refractivity contribution in [3.05, 3.63) is 23.8 Å². The molecule has 21 heavy (non-hydrogen) atoms. The summed E-state index contributed by atoms with van der Waals surface area (Å²) in [6.45, 7) is 10.4. The lowest BCUT2D eigenvalue weighted by Crippen LogP contribution is -2.53. The van der Waals surface area contributed by atoms with Crippen LogP contribution in [0.5, 0.6) is 11.5 Å². The van der Waals surface area contributed by atoms with Crippen LogP contribution in [-0.2, 0) is 6.42 Å². The molecule has 0 spiro atoms. The summed E-state index contributed by atoms with van der Waals surface area (Å²) in [7, 11) is 0. The van der Waals surface area contributed by atoms with Crippen molar-refractivity contribution in [2.24, 2.45) is 5.92 Å². The van der Waals surface area contributed by atoms with Gasteiger partial charge in [-0.25, -0.2) is 0 Å². The van der Waals surface area contributed by atoms with Gasteiger partial charge in [-0.3, -0.25) is 4.90 Å². The van der Waals surface area contributed by atoms with Gasteiger partial charge in [0.25, 0.3) is 0 Å². The van der Waals surface area contributed by atoms with Gasteiger partial charge in [-0.2, -0.15) is 0 Å². The molecule has 0 radical (unpaired) electrons. The molecular weight excluding hydrogens is 264 g/mol. The smallest absolute Gasteiger partial charge is 0.161 e. The number of nitrogens with zero attached hydrogens (tertiary/aromatic N) is 1. The minimum atomic E-state index is 0.649. The van der Waals surface area contributed by atoms with Crippen molar-refractivity contribution in [2.45, 2.75) is 26.3 Å². The summed E-state index contributed by atoms with van der Waals surface area (Å²) in [4.78, 5) is 2.62. The van der Waals surface area contributed by atoms with Crippen molar-refractivity contribution in [1.29, 1.82) is 0 Å². The lowest BCUT2D eigenvalue weighted by atomic mass is 9.99. The zero-order valence-corrected chi connectivity index (χ0v) is 13.1. The first-order chi connectivity index (χ1) is 10.2. The Morgan fingerprint density at radius 2 is 2.05 bits per heavy atom. The normalized spacial score (nSPS) is 22.5. The standard InChI is InChI=1S/C17H26N2O2/c1-13(2)15-12-18-6-8-19(15)7-5-14-3-4-16-17(11-14)21-10-9-20-16/h3-4,11,13,15,18H,5-10,12H2,1-2H3. The predicted octanol–water partition coefficient (Wildman–Crippen LogP) is 1.93. The second kappa shape index (κ2) is 6.67. The van der Waals surface area contributed by atoms with E-state index in [1.807, 2.05) is 6.07 Å². The molecule has 2 heterocycles. The Labute approximate surface area is 127 Å². The molecule has 0 bridgehead atoms. The minimum Gasteiger partial charge on any atom is -0.486 e. The number of hydrogen-bond donors (Lipinski definition) is 1. The van der Waals surface area contributed by atoms with Crippen LogP contribution in [0, 0.1) is 5.92 Å². The van der Waals surface area contributed by atoms with E-state index in [1.165, 1.54) is 5.56 Å². The molecule has 1 fully saturated rings. The van der Waals surface area contributed by atoms with Crippen molar-refractivity contribution in [3.63, 3.8) is 0 Å². The quantitative estimate of drug-likeness (QED) is 0.919. The summed E-state index contributed by atoms with van der Waals surface area (Å²) >= 11 is 0. The first-order valence-electron chi connectivity index (χ1n) is 8.07. The fourth-order valence-electron chi connectivity index (χ4n) is 3.22. The summed E-state index contributed by atoms with van der Waals surface area (Å²) in [5, 5.41) is 3.51. The molecular formula is C17H26N2O2. The van der Waals surface area contributed by atoms with Crippen molar-refractivity contribution in [2.75, 3.05) is 39.4 Å². The van der Waals surface area contributed by atoms with Crippen LogP contribution in [0.25, 0.3) is 0 Å². The van der Waals surface area contributed by atoms with Crippen LogP contribution in [0.1, 0.15) is 19.4 Å². The van der Waals surface area contributed by atoms with Crippen LogP contribution >= 0.6 is 0 Å². The van der Waals surface area contributed by atoms with Gasteiger partial charge in [0, 0.05) is 32.2 Å². The van der Waals surface area contributed by atoms with E-state index in [4.69, 9.17) is 9.47 Å². The zero-order valence-electron chi connectivity index (χ0n) is 13.1. The number of nitrogens with one attached hydrogen (secondary N) is 1. The van der Waals surface area contributed by atoms with Gasteiger partial charge in [0.1, 0.15) is 13.2 Å². The lowest BCUT2D eigenvalue weighted by molar-refractivity contribution is 0.126. The topological polar surface area (TPSA) is 33.7 Å². The Bertz CT molecular complexity index is 476. The van der Waals surface area contributed by atoms with Gasteiger partial charge in [0.05, 0.1) is 0 Å². The minimum absolute atomic E-state index is 0.649. The molecule has 0 aliphatic carbocycles. The third-order valence-electron chi connectivity index (χ3n) is 4.46. The Balaban J connectivity index is 1.61. The molecule has 2 aliphatic heterocycles. The zero-order chi connectivity index (χ0) is 14.7. The maximum absolute atomic E-state index is 5.67. The monoisotopic (exact) mass is 290 g/mol. The molecule has 1 aromatic carbocycles. The van der Waals surface area contributed by atoms with E-state index < -0.39 is 0 Å². The fraction of sp³-hybridized carbons (Fsp3) is 0.647. The van der Waals surface area contributed by atoms with Crippen LogP contribution in [-0.4, -0.2) is 50.3 Å². The Hall–Kier alpha value is -1.26. The highest BCUT2D eigenvalue weighted by Crippen LogP contribution is 2.31. The van der Waals surface area contributed by atoms with Gasteiger partial charge in [0.15, 0.2) is 11.5 Å². The van der Waals surface area contributed by atoms with E-state index in [0.29, 0.717) is 25.2 Å². The van der Waals surface area contributed by atoms with Crippen LogP contribution < -0.4 is 14.8 Å². The second-order valence-corrected chi connectivity index (χ2v) is 6.28. The molecule has 2 aliphatic rings. The molecule has 1 unspecified atom stereocenters. The molecule has 4 nitrogen and oxygen atoms in total. The largest absolute Gasteiger partial charge is 0.486 e. The first kappa shape index (κ1) is 14.7. The van der Waals surface area contributed by atoms with E-state index >= 15 is 0 Å². The van der Waals surface area contributed by atoms with Gasteiger partial charge in [-0.1, -0.05) is 19.9 Å². The van der Waals surface area contributed by atoms with Gasteiger partial charge in [-0.15, -0.1) is 0 Å². The number of rotatable bonds is 4. The van der Waals surface area contributed by atoms with E-state index in [0.717, 1.165) is 44.1 Å². The van der Waals surface area contributed by atoms with Gasteiger partial charge in [-0.05, 0) is 30.0 Å². The maximum Gasteiger partial charge on any atom is 0.161 e. The SMILES string of the molecule is CC(C)C1CNCCN1CCc1ccc2c(c1)OCCO2. The van der Waals surface area contributed by atoms with Crippen LogP contribution in [0.2, 0.25) is 0 Å². The molecule has 116 valence electrons. The molecule has 1 aromatic rings. The fourth-order valence-corrected chi connectivity index (χ4v) is 3.22. The molecule has 0 amide bonds. The summed E-state index contributed by atoms with van der Waals surface area (Å²) < 4.78 is 11.2. The van der Waals surface area contributed by atoms with E-state index in [-0.39, 0.29) is 0 Å². The van der Waals surface area contributed by atoms with Crippen LogP contribution in [0.15, 0.2) is 18.2 Å². The number of hydrogen-bond acceptors (Lipinski definition) is 4. The van der Waals surface area contributed by atoms with Crippen molar-refractivity contribution in [3.8, 4) is 11.5 Å². The second-order valence-electron chi connectivity index (χ2n) is 6.28. The summed E-state index contributed by atoms with van der Waals surface area (Å²) in [5.41, 5.74) is 1.33. The highest BCUT2D eigenvalue weighted by atomic mass is 16.6. The van der Waals surface area contributed by atoms with E-state index in [9.17, 15) is 0 Å². The highest BCUT2D eigenvalue weighted by Gasteiger charge is 2.24. The molecule has 0 aromatic heterocycles.